The Morgan fingerprint density at radius 2 is 2.21 bits per heavy atom. The van der Waals surface area contributed by atoms with Crippen molar-refractivity contribution in [2.75, 3.05) is 0 Å². The van der Waals surface area contributed by atoms with Crippen LogP contribution >= 0.6 is 0 Å². The fraction of sp³-hybridized carbons (Fsp3) is 0.455. The maximum absolute atomic E-state index is 11.5. The third-order valence-corrected chi connectivity index (χ3v) is 2.53. The van der Waals surface area contributed by atoms with Crippen molar-refractivity contribution in [3.05, 3.63) is 28.6 Å². The molecule has 2 heterocycles. The molecular formula is C11H13NO2. The van der Waals surface area contributed by atoms with Gasteiger partial charge >= 0.3 is 5.97 Å². The highest BCUT2D eigenvalue weighted by Gasteiger charge is 2.28. The van der Waals surface area contributed by atoms with Crippen LogP contribution in [0.25, 0.3) is 0 Å². The minimum absolute atomic E-state index is 0.222. The Bertz CT molecular complexity index is 397. The van der Waals surface area contributed by atoms with Crippen LogP contribution in [0.5, 0.6) is 0 Å². The van der Waals surface area contributed by atoms with Crippen LogP contribution in [0, 0.1) is 6.92 Å². The molecule has 74 valence electrons. The van der Waals surface area contributed by atoms with Gasteiger partial charge in [0.2, 0.25) is 0 Å². The van der Waals surface area contributed by atoms with Crippen molar-refractivity contribution in [1.29, 1.82) is 0 Å². The lowest BCUT2D eigenvalue weighted by molar-refractivity contribution is 0.0533. The minimum Gasteiger partial charge on any atom is -0.457 e. The number of esters is 1. The van der Waals surface area contributed by atoms with Crippen LogP contribution in [0.2, 0.25) is 0 Å². The summed E-state index contributed by atoms with van der Waals surface area (Å²) in [5.41, 5.74) is 3.59. The Morgan fingerprint density at radius 3 is 2.86 bits per heavy atom. The van der Waals surface area contributed by atoms with Crippen LogP contribution in [0.3, 0.4) is 0 Å². The number of ether oxygens (including phenoxy) is 1. The predicted molar refractivity (Wildman–Crippen MR) is 52.2 cm³/mol. The van der Waals surface area contributed by atoms with E-state index in [4.69, 9.17) is 4.74 Å². The molecule has 0 saturated carbocycles. The summed E-state index contributed by atoms with van der Waals surface area (Å²) in [7, 11) is 0. The summed E-state index contributed by atoms with van der Waals surface area (Å²) in [5, 5.41) is 0. The molecule has 1 aromatic heterocycles. The number of carbonyl (C=O) groups is 1. The van der Waals surface area contributed by atoms with Gasteiger partial charge in [0.25, 0.3) is 0 Å². The summed E-state index contributed by atoms with van der Waals surface area (Å²) in [5.74, 6) is 0.0369. The topological polar surface area (TPSA) is 39.2 Å². The minimum atomic E-state index is -0.222. The molecular weight excluding hydrogens is 178 g/mol. The Labute approximate surface area is 83.1 Å². The van der Waals surface area contributed by atoms with Gasteiger partial charge in [-0.15, -0.1) is 0 Å². The lowest BCUT2D eigenvalue weighted by Crippen LogP contribution is -2.05. The zero-order valence-electron chi connectivity index (χ0n) is 8.63. The Balaban J connectivity index is 2.66. The number of aromatic nitrogens is 1. The molecule has 0 atom stereocenters. The van der Waals surface area contributed by atoms with Crippen molar-refractivity contribution >= 4 is 5.97 Å². The number of aryl methyl sites for hydroxylation is 1. The Kier molecular flexibility index (Phi) is 2.02. The number of nitrogens with zero attached hydrogens (tertiary/aromatic N) is 1. The molecule has 3 nitrogen and oxygen atoms in total. The average Bonchev–Trinajstić information content (AvgIpc) is 2.50. The highest BCUT2D eigenvalue weighted by molar-refractivity contribution is 5.95. The summed E-state index contributed by atoms with van der Waals surface area (Å²) in [6.07, 6.45) is 1.82. The van der Waals surface area contributed by atoms with Crippen LogP contribution in [-0.2, 0) is 11.3 Å². The van der Waals surface area contributed by atoms with E-state index in [9.17, 15) is 4.79 Å². The van der Waals surface area contributed by atoms with Gasteiger partial charge in [0.15, 0.2) is 0 Å². The second-order valence-corrected chi connectivity index (χ2v) is 3.91. The second-order valence-electron chi connectivity index (χ2n) is 3.91. The monoisotopic (exact) mass is 191 g/mol. The summed E-state index contributed by atoms with van der Waals surface area (Å²) < 4.78 is 5.02. The van der Waals surface area contributed by atoms with E-state index in [0.29, 0.717) is 12.2 Å². The number of cyclic esters (lactones) is 1. The fourth-order valence-corrected chi connectivity index (χ4v) is 1.72. The summed E-state index contributed by atoms with van der Waals surface area (Å²) in [6.45, 7) is 6.42. The molecule has 3 heteroatoms. The largest absolute Gasteiger partial charge is 0.457 e. The van der Waals surface area contributed by atoms with E-state index < -0.39 is 0 Å². The van der Waals surface area contributed by atoms with Crippen LogP contribution in [0.4, 0.5) is 0 Å². The van der Waals surface area contributed by atoms with Crippen LogP contribution in [-0.4, -0.2) is 11.0 Å². The summed E-state index contributed by atoms with van der Waals surface area (Å²) in [6, 6.07) is 0. The molecule has 2 rings (SSSR count). The molecule has 14 heavy (non-hydrogen) atoms. The van der Waals surface area contributed by atoms with Crippen molar-refractivity contribution in [1.82, 2.24) is 4.98 Å². The highest BCUT2D eigenvalue weighted by Crippen LogP contribution is 2.28. The number of fused-ring (bicyclic) bond motifs is 1. The van der Waals surface area contributed by atoms with E-state index in [-0.39, 0.29) is 11.9 Å². The molecule has 0 N–H and O–H groups in total. The maximum Gasteiger partial charge on any atom is 0.340 e. The number of hydrogen-bond acceptors (Lipinski definition) is 3. The van der Waals surface area contributed by atoms with Gasteiger partial charge < -0.3 is 4.74 Å². The highest BCUT2D eigenvalue weighted by atomic mass is 16.5. The molecule has 0 fully saturated rings. The quantitative estimate of drug-likeness (QED) is 0.639. The number of pyridine rings is 1. The molecule has 0 spiro atoms. The van der Waals surface area contributed by atoms with Gasteiger partial charge in [-0.2, -0.15) is 0 Å². The number of hydrogen-bond donors (Lipinski definition) is 0. The van der Waals surface area contributed by atoms with Gasteiger partial charge in [0, 0.05) is 11.8 Å². The van der Waals surface area contributed by atoms with Gasteiger partial charge in [-0.1, -0.05) is 13.8 Å². The van der Waals surface area contributed by atoms with Crippen molar-refractivity contribution in [2.24, 2.45) is 0 Å². The predicted octanol–water partition coefficient (Wildman–Crippen LogP) is 2.18. The van der Waals surface area contributed by atoms with Crippen molar-refractivity contribution < 1.29 is 9.53 Å². The number of rotatable bonds is 1. The lowest BCUT2D eigenvalue weighted by Gasteiger charge is -2.08. The fourth-order valence-electron chi connectivity index (χ4n) is 1.72. The van der Waals surface area contributed by atoms with E-state index in [1.165, 1.54) is 0 Å². The van der Waals surface area contributed by atoms with E-state index in [0.717, 1.165) is 16.8 Å². The van der Waals surface area contributed by atoms with Crippen molar-refractivity contribution in [2.45, 2.75) is 33.3 Å². The second kappa shape index (κ2) is 3.08. The maximum atomic E-state index is 11.5. The van der Waals surface area contributed by atoms with Crippen LogP contribution in [0.1, 0.15) is 46.9 Å². The normalized spacial score (nSPS) is 14.4. The molecule has 0 unspecified atom stereocenters. The van der Waals surface area contributed by atoms with Crippen molar-refractivity contribution in [3.8, 4) is 0 Å². The van der Waals surface area contributed by atoms with Crippen LogP contribution < -0.4 is 0 Å². The first-order chi connectivity index (χ1) is 6.61. The first-order valence-electron chi connectivity index (χ1n) is 4.76. The lowest BCUT2D eigenvalue weighted by atomic mass is 9.98. The molecule has 0 saturated heterocycles. The van der Waals surface area contributed by atoms with E-state index in [1.807, 2.05) is 27.0 Å². The molecule has 0 amide bonds. The average molecular weight is 191 g/mol. The van der Waals surface area contributed by atoms with Gasteiger partial charge in [-0.3, -0.25) is 4.98 Å². The summed E-state index contributed by atoms with van der Waals surface area (Å²) >= 11 is 0. The molecule has 0 radical (unpaired) electrons. The third-order valence-electron chi connectivity index (χ3n) is 2.53. The van der Waals surface area contributed by atoms with Crippen LogP contribution in [0.15, 0.2) is 6.20 Å². The zero-order chi connectivity index (χ0) is 10.3. The van der Waals surface area contributed by atoms with Gasteiger partial charge in [-0.05, 0) is 18.4 Å². The zero-order valence-corrected chi connectivity index (χ0v) is 8.63. The van der Waals surface area contributed by atoms with Gasteiger partial charge in [-0.25, -0.2) is 4.79 Å². The van der Waals surface area contributed by atoms with Gasteiger partial charge in [0.1, 0.15) is 6.61 Å². The Hall–Kier alpha value is -1.38. The SMILES string of the molecule is Cc1cnc(C(C)C)c2c1COC2=O. The summed E-state index contributed by atoms with van der Waals surface area (Å²) in [4.78, 5) is 15.8. The smallest absolute Gasteiger partial charge is 0.340 e. The molecule has 1 aromatic rings. The number of carbonyl (C=O) groups excluding carboxylic acids is 1. The van der Waals surface area contributed by atoms with E-state index in [2.05, 4.69) is 4.98 Å². The van der Waals surface area contributed by atoms with E-state index in [1.54, 1.807) is 0 Å². The van der Waals surface area contributed by atoms with Crippen molar-refractivity contribution in [3.63, 3.8) is 0 Å². The standard InChI is InChI=1S/C11H13NO2/c1-6(2)10-9-8(5-14-11(9)13)7(3)4-12-10/h4,6H,5H2,1-3H3. The molecule has 1 aliphatic heterocycles. The Morgan fingerprint density at radius 1 is 1.50 bits per heavy atom. The van der Waals surface area contributed by atoms with Gasteiger partial charge in [0.05, 0.1) is 11.3 Å². The third kappa shape index (κ3) is 1.20. The van der Waals surface area contributed by atoms with E-state index >= 15 is 0 Å². The molecule has 0 aliphatic carbocycles. The first-order valence-corrected chi connectivity index (χ1v) is 4.76. The molecule has 1 aliphatic rings. The molecule has 0 aromatic carbocycles. The first kappa shape index (κ1) is 9.19. The molecule has 0 bridgehead atoms.